The van der Waals surface area contributed by atoms with Crippen LogP contribution >= 0.6 is 11.8 Å². The Morgan fingerprint density at radius 3 is 2.83 bits per heavy atom. The average molecular weight is 257 g/mol. The molecule has 0 aliphatic carbocycles. The van der Waals surface area contributed by atoms with E-state index in [1.54, 1.807) is 6.07 Å². The molecule has 0 atom stereocenters. The highest BCUT2D eigenvalue weighted by Gasteiger charge is 2.16. The molecule has 0 spiro atoms. The van der Waals surface area contributed by atoms with Gasteiger partial charge in [-0.15, -0.1) is 0 Å². The van der Waals surface area contributed by atoms with Gasteiger partial charge in [-0.1, -0.05) is 48.2 Å². The van der Waals surface area contributed by atoms with Crippen LogP contribution in [0, 0.1) is 0 Å². The Bertz CT molecular complexity index is 631. The van der Waals surface area contributed by atoms with Crippen LogP contribution in [0.4, 0.5) is 0 Å². The van der Waals surface area contributed by atoms with Crippen molar-refractivity contribution in [2.75, 3.05) is 12.3 Å². The number of nitrogens with zero attached hydrogens (tertiary/aromatic N) is 1. The topological polar surface area (TPSA) is 38.7 Å². The van der Waals surface area contributed by atoms with Crippen molar-refractivity contribution in [2.45, 2.75) is 0 Å². The smallest absolute Gasteiger partial charge is 0.345 e. The molecule has 2 aromatic rings. The fraction of sp³-hybridized carbons (Fsp3) is 0.143. The molecule has 3 rings (SSSR count). The standard InChI is InChI=1S/C14H11NO2S/c16-13(17-14-15-8-9-18-14)12-7-3-5-10-4-1-2-6-11(10)12/h1-7H,8-9H2. The van der Waals surface area contributed by atoms with Crippen LogP contribution in [0.3, 0.4) is 0 Å². The van der Waals surface area contributed by atoms with Gasteiger partial charge in [0.25, 0.3) is 5.23 Å². The highest BCUT2D eigenvalue weighted by molar-refractivity contribution is 8.13. The lowest BCUT2D eigenvalue weighted by Crippen LogP contribution is -2.09. The minimum atomic E-state index is -0.333. The van der Waals surface area contributed by atoms with Crippen molar-refractivity contribution in [1.29, 1.82) is 0 Å². The first-order chi connectivity index (χ1) is 8.84. The molecule has 4 heteroatoms. The Balaban J connectivity index is 1.96. The van der Waals surface area contributed by atoms with E-state index in [1.165, 1.54) is 11.8 Å². The number of rotatable bonds is 1. The van der Waals surface area contributed by atoms with E-state index in [0.717, 1.165) is 23.1 Å². The molecule has 1 aliphatic rings. The van der Waals surface area contributed by atoms with E-state index >= 15 is 0 Å². The van der Waals surface area contributed by atoms with Crippen molar-refractivity contribution < 1.29 is 9.53 Å². The Kier molecular flexibility index (Phi) is 3.02. The van der Waals surface area contributed by atoms with E-state index in [2.05, 4.69) is 4.99 Å². The SMILES string of the molecule is O=C(OC1=NCCS1)c1cccc2ccccc12. The second kappa shape index (κ2) is 4.82. The molecule has 90 valence electrons. The van der Waals surface area contributed by atoms with Crippen LogP contribution in [0.2, 0.25) is 0 Å². The van der Waals surface area contributed by atoms with E-state index in [9.17, 15) is 4.79 Å². The second-order valence-electron chi connectivity index (χ2n) is 3.91. The minimum Gasteiger partial charge on any atom is -0.398 e. The second-order valence-corrected chi connectivity index (χ2v) is 4.96. The molecule has 2 aromatic carbocycles. The molecule has 0 saturated carbocycles. The van der Waals surface area contributed by atoms with E-state index in [0.29, 0.717) is 10.8 Å². The van der Waals surface area contributed by atoms with Crippen LogP contribution in [-0.4, -0.2) is 23.5 Å². The summed E-state index contributed by atoms with van der Waals surface area (Å²) in [5.74, 6) is 0.554. The first kappa shape index (κ1) is 11.3. The summed E-state index contributed by atoms with van der Waals surface area (Å²) >= 11 is 1.48. The van der Waals surface area contributed by atoms with Crippen molar-refractivity contribution in [3.05, 3.63) is 48.0 Å². The van der Waals surface area contributed by atoms with Gasteiger partial charge in [-0.05, 0) is 16.8 Å². The maximum absolute atomic E-state index is 12.1. The van der Waals surface area contributed by atoms with E-state index in [1.807, 2.05) is 36.4 Å². The molecule has 0 fully saturated rings. The van der Waals surface area contributed by atoms with Gasteiger partial charge in [0.2, 0.25) is 0 Å². The quantitative estimate of drug-likeness (QED) is 0.737. The molecule has 0 bridgehead atoms. The number of carbonyl (C=O) groups excluding carboxylic acids is 1. The van der Waals surface area contributed by atoms with Crippen molar-refractivity contribution in [3.63, 3.8) is 0 Å². The van der Waals surface area contributed by atoms with Crippen LogP contribution in [-0.2, 0) is 4.74 Å². The molecule has 0 N–H and O–H groups in total. The van der Waals surface area contributed by atoms with E-state index in [4.69, 9.17) is 4.74 Å². The van der Waals surface area contributed by atoms with Gasteiger partial charge in [-0.25, -0.2) is 9.79 Å². The summed E-state index contributed by atoms with van der Waals surface area (Å²) in [4.78, 5) is 16.2. The van der Waals surface area contributed by atoms with Gasteiger partial charge >= 0.3 is 5.97 Å². The first-order valence-corrected chi connectivity index (χ1v) is 6.70. The van der Waals surface area contributed by atoms with Gasteiger partial charge < -0.3 is 4.74 Å². The predicted octanol–water partition coefficient (Wildman–Crippen LogP) is 3.10. The Labute approximate surface area is 109 Å². The maximum Gasteiger partial charge on any atom is 0.345 e. The summed E-state index contributed by atoms with van der Waals surface area (Å²) < 4.78 is 5.28. The number of thioether (sulfide) groups is 1. The molecule has 0 saturated heterocycles. The van der Waals surface area contributed by atoms with Gasteiger partial charge in [0.05, 0.1) is 12.1 Å². The third kappa shape index (κ3) is 2.11. The van der Waals surface area contributed by atoms with Crippen molar-refractivity contribution >= 4 is 33.7 Å². The number of fused-ring (bicyclic) bond motifs is 1. The number of hydrogen-bond acceptors (Lipinski definition) is 4. The largest absolute Gasteiger partial charge is 0.398 e. The summed E-state index contributed by atoms with van der Waals surface area (Å²) in [5.41, 5.74) is 0.586. The lowest BCUT2D eigenvalue weighted by atomic mass is 10.1. The Morgan fingerprint density at radius 2 is 2.00 bits per heavy atom. The maximum atomic E-state index is 12.1. The van der Waals surface area contributed by atoms with Crippen LogP contribution in [0.25, 0.3) is 10.8 Å². The van der Waals surface area contributed by atoms with E-state index in [-0.39, 0.29) is 5.97 Å². The number of benzene rings is 2. The van der Waals surface area contributed by atoms with Gasteiger partial charge in [-0.2, -0.15) is 0 Å². The number of ether oxygens (including phenoxy) is 1. The number of carbonyl (C=O) groups is 1. The zero-order valence-corrected chi connectivity index (χ0v) is 10.4. The van der Waals surface area contributed by atoms with Gasteiger partial charge in [0, 0.05) is 5.75 Å². The monoisotopic (exact) mass is 257 g/mol. The summed E-state index contributed by atoms with van der Waals surface area (Å²) in [5, 5.41) is 2.43. The Morgan fingerprint density at radius 1 is 1.17 bits per heavy atom. The number of esters is 1. The summed E-state index contributed by atoms with van der Waals surface area (Å²) in [6, 6.07) is 13.4. The Hall–Kier alpha value is -1.81. The number of hydrogen-bond donors (Lipinski definition) is 0. The third-order valence-electron chi connectivity index (χ3n) is 2.75. The molecule has 0 unspecified atom stereocenters. The summed E-state index contributed by atoms with van der Waals surface area (Å²) in [6.45, 7) is 0.725. The van der Waals surface area contributed by atoms with Crippen molar-refractivity contribution in [1.82, 2.24) is 0 Å². The lowest BCUT2D eigenvalue weighted by molar-refractivity contribution is 0.0726. The molecule has 1 heterocycles. The highest BCUT2D eigenvalue weighted by atomic mass is 32.2. The molecular formula is C14H11NO2S. The van der Waals surface area contributed by atoms with Gasteiger partial charge in [-0.3, -0.25) is 0 Å². The summed E-state index contributed by atoms with van der Waals surface area (Å²) in [7, 11) is 0. The average Bonchev–Trinajstić information content (AvgIpc) is 2.91. The van der Waals surface area contributed by atoms with Gasteiger partial charge in [0.15, 0.2) is 0 Å². The molecule has 1 aliphatic heterocycles. The normalized spacial score (nSPS) is 14.6. The van der Waals surface area contributed by atoms with Crippen LogP contribution in [0.5, 0.6) is 0 Å². The van der Waals surface area contributed by atoms with Gasteiger partial charge in [0.1, 0.15) is 0 Å². The first-order valence-electron chi connectivity index (χ1n) is 5.72. The number of aliphatic imine (C=N–C) groups is 1. The predicted molar refractivity (Wildman–Crippen MR) is 74.1 cm³/mol. The van der Waals surface area contributed by atoms with E-state index < -0.39 is 0 Å². The zero-order chi connectivity index (χ0) is 12.4. The fourth-order valence-electron chi connectivity index (χ4n) is 1.91. The zero-order valence-electron chi connectivity index (χ0n) is 9.63. The lowest BCUT2D eigenvalue weighted by Gasteiger charge is -2.06. The molecular weight excluding hydrogens is 246 g/mol. The van der Waals surface area contributed by atoms with Crippen molar-refractivity contribution in [2.24, 2.45) is 4.99 Å². The fourth-order valence-corrected chi connectivity index (χ4v) is 2.59. The van der Waals surface area contributed by atoms with Crippen molar-refractivity contribution in [3.8, 4) is 0 Å². The molecule has 0 amide bonds. The summed E-state index contributed by atoms with van der Waals surface area (Å²) in [6.07, 6.45) is 0. The molecule has 0 radical (unpaired) electrons. The van der Waals surface area contributed by atoms with Crippen LogP contribution in [0.1, 0.15) is 10.4 Å². The highest BCUT2D eigenvalue weighted by Crippen LogP contribution is 2.21. The molecule has 0 aromatic heterocycles. The van der Waals surface area contributed by atoms with Crippen LogP contribution < -0.4 is 0 Å². The molecule has 18 heavy (non-hydrogen) atoms. The van der Waals surface area contributed by atoms with Crippen LogP contribution in [0.15, 0.2) is 47.5 Å². The molecule has 3 nitrogen and oxygen atoms in total. The minimum absolute atomic E-state index is 0.333. The third-order valence-corrected chi connectivity index (χ3v) is 3.59.